The maximum atomic E-state index is 11.4. The fourth-order valence-electron chi connectivity index (χ4n) is 0.903. The van der Waals surface area contributed by atoms with Gasteiger partial charge < -0.3 is 38.6 Å². The largest absolute Gasteiger partial charge is 0.412 e. The van der Waals surface area contributed by atoms with Crippen molar-refractivity contribution in [2.45, 2.75) is 20.3 Å². The number of hydrogen-bond donors (Lipinski definition) is 1. The van der Waals surface area contributed by atoms with Crippen molar-refractivity contribution < 1.29 is 42.4 Å². The molecule has 10 nitrogen and oxygen atoms in total. The molecule has 0 atom stereocenters. The SMILES string of the molecule is C=CCN(C(N)=O)C(=O)CC(C)C.O.O.O.O.O.O. The van der Waals surface area contributed by atoms with E-state index in [1.165, 1.54) is 6.08 Å². The first-order valence-corrected chi connectivity index (χ1v) is 4.19. The van der Waals surface area contributed by atoms with Gasteiger partial charge in [-0.1, -0.05) is 19.9 Å². The van der Waals surface area contributed by atoms with E-state index in [2.05, 4.69) is 6.58 Å². The minimum Gasteiger partial charge on any atom is -0.412 e. The molecule has 0 saturated carbocycles. The minimum absolute atomic E-state index is 0. The van der Waals surface area contributed by atoms with Gasteiger partial charge in [0.1, 0.15) is 0 Å². The molecule has 0 saturated heterocycles. The van der Waals surface area contributed by atoms with Crippen molar-refractivity contribution in [3.63, 3.8) is 0 Å². The lowest BCUT2D eigenvalue weighted by molar-refractivity contribution is -0.128. The second kappa shape index (κ2) is 21.7. The molecule has 0 aliphatic heterocycles. The normalized spacial score (nSPS) is 6.68. The van der Waals surface area contributed by atoms with Crippen molar-refractivity contribution in [2.75, 3.05) is 6.54 Å². The Hall–Kier alpha value is -1.56. The number of nitrogens with two attached hydrogens (primary N) is 1. The average molecular weight is 292 g/mol. The highest BCUT2D eigenvalue weighted by Crippen LogP contribution is 2.03. The molecular weight excluding hydrogens is 264 g/mol. The van der Waals surface area contributed by atoms with Gasteiger partial charge in [0.2, 0.25) is 5.91 Å². The van der Waals surface area contributed by atoms with Crippen LogP contribution in [0.5, 0.6) is 0 Å². The number of amides is 3. The number of urea groups is 1. The molecular formula is C9H28N2O8. The molecule has 10 heteroatoms. The quantitative estimate of drug-likeness (QED) is 0.510. The van der Waals surface area contributed by atoms with Crippen molar-refractivity contribution in [1.82, 2.24) is 4.90 Å². The fourth-order valence-corrected chi connectivity index (χ4v) is 0.903. The van der Waals surface area contributed by atoms with Crippen molar-refractivity contribution in [1.29, 1.82) is 0 Å². The Morgan fingerprint density at radius 1 is 1.11 bits per heavy atom. The molecule has 0 rings (SSSR count). The average Bonchev–Trinajstić information content (AvgIpc) is 1.97. The number of primary amides is 1. The lowest BCUT2D eigenvalue weighted by atomic mass is 10.1. The van der Waals surface area contributed by atoms with E-state index >= 15 is 0 Å². The summed E-state index contributed by atoms with van der Waals surface area (Å²) in [5.41, 5.74) is 5.02. The van der Waals surface area contributed by atoms with Crippen LogP contribution >= 0.6 is 0 Å². The summed E-state index contributed by atoms with van der Waals surface area (Å²) in [4.78, 5) is 23.1. The Morgan fingerprint density at radius 3 is 1.68 bits per heavy atom. The number of nitrogens with zero attached hydrogens (tertiary/aromatic N) is 1. The summed E-state index contributed by atoms with van der Waals surface area (Å²) in [5, 5.41) is 0. The Balaban J connectivity index is -0.0000000480. The van der Waals surface area contributed by atoms with Crippen LogP contribution in [0.15, 0.2) is 12.7 Å². The van der Waals surface area contributed by atoms with E-state index in [4.69, 9.17) is 5.73 Å². The summed E-state index contributed by atoms with van der Waals surface area (Å²) >= 11 is 0. The standard InChI is InChI=1S/C9H16N2O2.6H2O/c1-4-5-11(9(10)13)8(12)6-7(2)3;;;;;;/h4,7H,1,5-6H2,2-3H3,(H2,10,13);6*1H2. The van der Waals surface area contributed by atoms with Crippen molar-refractivity contribution in [3.8, 4) is 0 Å². The summed E-state index contributed by atoms with van der Waals surface area (Å²) in [6.07, 6.45) is 1.81. The summed E-state index contributed by atoms with van der Waals surface area (Å²) < 4.78 is 0. The summed E-state index contributed by atoms with van der Waals surface area (Å²) in [5.74, 6) is -0.0263. The molecule has 14 N–H and O–H groups in total. The Kier molecular flexibility index (Phi) is 49.4. The zero-order valence-electron chi connectivity index (χ0n) is 11.1. The zero-order chi connectivity index (χ0) is 10.4. The first-order chi connectivity index (χ1) is 5.99. The van der Waals surface area contributed by atoms with Crippen LogP contribution in [-0.4, -0.2) is 56.2 Å². The van der Waals surface area contributed by atoms with Gasteiger partial charge >= 0.3 is 6.03 Å². The topological polar surface area (TPSA) is 252 Å². The van der Waals surface area contributed by atoms with Gasteiger partial charge in [-0.05, 0) is 5.92 Å². The lowest BCUT2D eigenvalue weighted by Gasteiger charge is -2.17. The zero-order valence-corrected chi connectivity index (χ0v) is 11.1. The highest BCUT2D eigenvalue weighted by Gasteiger charge is 2.17. The third-order valence-corrected chi connectivity index (χ3v) is 1.46. The van der Waals surface area contributed by atoms with Crippen LogP contribution in [0.2, 0.25) is 0 Å². The van der Waals surface area contributed by atoms with Crippen LogP contribution in [0.3, 0.4) is 0 Å². The Morgan fingerprint density at radius 2 is 1.47 bits per heavy atom. The molecule has 0 aromatic carbocycles. The van der Waals surface area contributed by atoms with Gasteiger partial charge in [-0.3, -0.25) is 9.69 Å². The Labute approximate surface area is 111 Å². The molecule has 122 valence electrons. The van der Waals surface area contributed by atoms with Crippen molar-refractivity contribution >= 4 is 11.9 Å². The molecule has 0 aliphatic rings. The summed E-state index contributed by atoms with van der Waals surface area (Å²) in [7, 11) is 0. The molecule has 0 radical (unpaired) electrons. The molecule has 0 bridgehead atoms. The minimum atomic E-state index is -0.717. The highest BCUT2D eigenvalue weighted by atomic mass is 16.2. The van der Waals surface area contributed by atoms with Gasteiger partial charge in [-0.15, -0.1) is 6.58 Å². The first-order valence-electron chi connectivity index (χ1n) is 4.19. The van der Waals surface area contributed by atoms with Gasteiger partial charge in [-0.25, -0.2) is 4.79 Å². The molecule has 0 unspecified atom stereocenters. The van der Waals surface area contributed by atoms with E-state index in [0.717, 1.165) is 4.90 Å². The first kappa shape index (κ1) is 43.2. The van der Waals surface area contributed by atoms with Crippen LogP contribution in [0.1, 0.15) is 20.3 Å². The lowest BCUT2D eigenvalue weighted by Crippen LogP contribution is -2.41. The highest BCUT2D eigenvalue weighted by molar-refractivity contribution is 5.93. The van der Waals surface area contributed by atoms with Gasteiger partial charge in [0.15, 0.2) is 0 Å². The molecule has 0 aromatic rings. The molecule has 0 heterocycles. The molecule has 0 aliphatic carbocycles. The predicted molar refractivity (Wildman–Crippen MR) is 72.6 cm³/mol. The number of carbonyl (C=O) groups is 2. The van der Waals surface area contributed by atoms with E-state index in [1.807, 2.05) is 13.8 Å². The third kappa shape index (κ3) is 19.0. The Bertz CT molecular complexity index is 222. The maximum Gasteiger partial charge on any atom is 0.321 e. The second-order valence-corrected chi connectivity index (χ2v) is 3.23. The summed E-state index contributed by atoms with van der Waals surface area (Å²) in [6, 6.07) is -0.717. The molecule has 0 spiro atoms. The van der Waals surface area contributed by atoms with Crippen LogP contribution in [0, 0.1) is 5.92 Å². The molecule has 0 fully saturated rings. The van der Waals surface area contributed by atoms with Crippen LogP contribution in [0.4, 0.5) is 4.79 Å². The maximum absolute atomic E-state index is 11.4. The number of carbonyl (C=O) groups excluding carboxylic acids is 2. The van der Waals surface area contributed by atoms with Gasteiger partial charge in [0.25, 0.3) is 0 Å². The third-order valence-electron chi connectivity index (χ3n) is 1.46. The van der Waals surface area contributed by atoms with Crippen LogP contribution in [-0.2, 0) is 4.79 Å². The molecule has 19 heavy (non-hydrogen) atoms. The monoisotopic (exact) mass is 292 g/mol. The van der Waals surface area contributed by atoms with Gasteiger partial charge in [-0.2, -0.15) is 0 Å². The van der Waals surface area contributed by atoms with E-state index in [0.29, 0.717) is 6.42 Å². The number of hydrogen-bond acceptors (Lipinski definition) is 2. The van der Waals surface area contributed by atoms with Crippen LogP contribution < -0.4 is 5.73 Å². The van der Waals surface area contributed by atoms with Gasteiger partial charge in [0, 0.05) is 13.0 Å². The van der Waals surface area contributed by atoms with Crippen molar-refractivity contribution in [2.24, 2.45) is 11.7 Å². The van der Waals surface area contributed by atoms with Crippen molar-refractivity contribution in [3.05, 3.63) is 12.7 Å². The molecule has 0 aromatic heterocycles. The summed E-state index contributed by atoms with van der Waals surface area (Å²) in [6.45, 7) is 7.44. The fraction of sp³-hybridized carbons (Fsp3) is 0.556. The van der Waals surface area contributed by atoms with Crippen LogP contribution in [0.25, 0.3) is 0 Å². The van der Waals surface area contributed by atoms with E-state index in [-0.39, 0.29) is 51.2 Å². The van der Waals surface area contributed by atoms with Gasteiger partial charge in [0.05, 0.1) is 0 Å². The number of rotatable bonds is 4. The van der Waals surface area contributed by atoms with E-state index < -0.39 is 6.03 Å². The van der Waals surface area contributed by atoms with E-state index in [1.54, 1.807) is 0 Å². The smallest absolute Gasteiger partial charge is 0.321 e. The predicted octanol–water partition coefficient (Wildman–Crippen LogP) is -3.82. The van der Waals surface area contributed by atoms with E-state index in [9.17, 15) is 9.59 Å². The second-order valence-electron chi connectivity index (χ2n) is 3.23. The number of imide groups is 1. The molecule has 3 amide bonds.